The van der Waals surface area contributed by atoms with Gasteiger partial charge in [0.25, 0.3) is 0 Å². The topological polar surface area (TPSA) is 44.8 Å². The van der Waals surface area contributed by atoms with Crippen molar-refractivity contribution < 1.29 is 23.4 Å². The molecule has 4 nitrogen and oxygen atoms in total. The number of methoxy groups -OCH3 is 1. The average Bonchev–Trinajstić information content (AvgIpc) is 3.54. The quantitative estimate of drug-likeness (QED) is 0.500. The molecule has 0 saturated heterocycles. The van der Waals surface area contributed by atoms with Gasteiger partial charge in [0.05, 0.1) is 19.6 Å². The Morgan fingerprint density at radius 1 is 0.966 bits per heavy atom. The van der Waals surface area contributed by atoms with Crippen molar-refractivity contribution in [2.24, 2.45) is 11.8 Å². The lowest BCUT2D eigenvalue weighted by Gasteiger charge is -2.10. The first-order chi connectivity index (χ1) is 14.1. The Bertz CT molecular complexity index is 986. The number of carbonyl (C=O) groups is 1. The first kappa shape index (κ1) is 19.0. The summed E-state index contributed by atoms with van der Waals surface area (Å²) in [5.41, 5.74) is 1.19. The second-order valence-electron chi connectivity index (χ2n) is 7.02. The number of halogens is 1. The summed E-state index contributed by atoms with van der Waals surface area (Å²) in [6, 6.07) is 21.3. The molecular formula is C24H21FO4. The Hall–Kier alpha value is -3.34. The zero-order valence-corrected chi connectivity index (χ0v) is 16.0. The van der Waals surface area contributed by atoms with E-state index in [1.807, 2.05) is 42.5 Å². The largest absolute Gasteiger partial charge is 0.493 e. The summed E-state index contributed by atoms with van der Waals surface area (Å²) in [6.07, 6.45) is 0.796. The van der Waals surface area contributed by atoms with Crippen LogP contribution in [0.3, 0.4) is 0 Å². The summed E-state index contributed by atoms with van der Waals surface area (Å²) >= 11 is 0. The Morgan fingerprint density at radius 3 is 2.41 bits per heavy atom. The molecule has 2 unspecified atom stereocenters. The summed E-state index contributed by atoms with van der Waals surface area (Å²) in [6.45, 7) is 0.466. The molecule has 3 aromatic carbocycles. The minimum Gasteiger partial charge on any atom is -0.493 e. The lowest BCUT2D eigenvalue weighted by molar-refractivity contribution is -0.142. The van der Waals surface area contributed by atoms with Gasteiger partial charge in [0.2, 0.25) is 0 Å². The van der Waals surface area contributed by atoms with E-state index in [-0.39, 0.29) is 23.6 Å². The number of carbonyl (C=O) groups excluding carboxylic acids is 1. The van der Waals surface area contributed by atoms with Crippen molar-refractivity contribution in [2.45, 2.75) is 6.42 Å². The zero-order chi connectivity index (χ0) is 20.2. The maximum absolute atomic E-state index is 14.4. The Morgan fingerprint density at radius 2 is 1.69 bits per heavy atom. The summed E-state index contributed by atoms with van der Waals surface area (Å²) in [4.78, 5) is 11.4. The lowest BCUT2D eigenvalue weighted by atomic mass is 10.0. The maximum atomic E-state index is 14.4. The number of esters is 1. The van der Waals surface area contributed by atoms with Crippen LogP contribution in [-0.2, 0) is 9.53 Å². The first-order valence-corrected chi connectivity index (χ1v) is 9.47. The van der Waals surface area contributed by atoms with Gasteiger partial charge in [-0.3, -0.25) is 4.79 Å². The lowest BCUT2D eigenvalue weighted by Crippen LogP contribution is -2.08. The van der Waals surface area contributed by atoms with Crippen molar-refractivity contribution in [3.63, 3.8) is 0 Å². The van der Waals surface area contributed by atoms with Crippen LogP contribution in [0, 0.1) is 17.7 Å². The van der Waals surface area contributed by atoms with Crippen LogP contribution in [0.1, 0.15) is 6.42 Å². The van der Waals surface area contributed by atoms with Gasteiger partial charge in [-0.15, -0.1) is 0 Å². The van der Waals surface area contributed by atoms with E-state index in [9.17, 15) is 9.18 Å². The maximum Gasteiger partial charge on any atom is 0.309 e. The molecule has 4 rings (SSSR count). The fourth-order valence-electron chi connectivity index (χ4n) is 3.22. The van der Waals surface area contributed by atoms with Crippen LogP contribution >= 0.6 is 0 Å². The molecule has 29 heavy (non-hydrogen) atoms. The number of rotatable bonds is 7. The van der Waals surface area contributed by atoms with Gasteiger partial charge in [0.1, 0.15) is 23.1 Å². The van der Waals surface area contributed by atoms with E-state index < -0.39 is 0 Å². The third-order valence-corrected chi connectivity index (χ3v) is 4.97. The fourth-order valence-corrected chi connectivity index (χ4v) is 3.22. The third kappa shape index (κ3) is 4.57. The number of para-hydroxylation sites is 1. The normalized spacial score (nSPS) is 17.4. The van der Waals surface area contributed by atoms with Gasteiger partial charge < -0.3 is 14.2 Å². The van der Waals surface area contributed by atoms with E-state index in [1.54, 1.807) is 24.3 Å². The van der Waals surface area contributed by atoms with Crippen LogP contribution in [0.15, 0.2) is 72.8 Å². The van der Waals surface area contributed by atoms with Gasteiger partial charge >= 0.3 is 5.97 Å². The average molecular weight is 392 g/mol. The molecular weight excluding hydrogens is 371 g/mol. The van der Waals surface area contributed by atoms with E-state index in [0.717, 1.165) is 12.0 Å². The molecule has 0 N–H and O–H groups in total. The highest BCUT2D eigenvalue weighted by Gasteiger charge is 2.44. The summed E-state index contributed by atoms with van der Waals surface area (Å²) < 4.78 is 30.7. The van der Waals surface area contributed by atoms with Gasteiger partial charge in [-0.1, -0.05) is 30.3 Å². The van der Waals surface area contributed by atoms with Gasteiger partial charge in [0.15, 0.2) is 0 Å². The summed E-state index contributed by atoms with van der Waals surface area (Å²) in [5, 5.41) is 0. The van der Waals surface area contributed by atoms with Crippen molar-refractivity contribution in [1.82, 2.24) is 0 Å². The molecule has 0 bridgehead atoms. The van der Waals surface area contributed by atoms with E-state index >= 15 is 0 Å². The second kappa shape index (κ2) is 8.35. The molecule has 0 aromatic heterocycles. The number of hydrogen-bond acceptors (Lipinski definition) is 4. The van der Waals surface area contributed by atoms with Crippen LogP contribution < -0.4 is 9.47 Å². The number of ether oxygens (including phenoxy) is 3. The van der Waals surface area contributed by atoms with Gasteiger partial charge in [-0.05, 0) is 54.4 Å². The van der Waals surface area contributed by atoms with Gasteiger partial charge in [0, 0.05) is 11.5 Å². The molecule has 1 saturated carbocycles. The molecule has 3 aromatic rings. The third-order valence-electron chi connectivity index (χ3n) is 4.97. The first-order valence-electron chi connectivity index (χ1n) is 9.47. The highest BCUT2D eigenvalue weighted by atomic mass is 19.1. The van der Waals surface area contributed by atoms with E-state index in [4.69, 9.17) is 14.2 Å². The molecule has 1 fully saturated rings. The highest BCUT2D eigenvalue weighted by molar-refractivity contribution is 5.75. The molecule has 2 atom stereocenters. The molecule has 0 radical (unpaired) electrons. The predicted octanol–water partition coefficient (Wildman–Crippen LogP) is 5.47. The van der Waals surface area contributed by atoms with Gasteiger partial charge in [-0.25, -0.2) is 4.39 Å². The van der Waals surface area contributed by atoms with Crippen LogP contribution in [0.2, 0.25) is 0 Å². The van der Waals surface area contributed by atoms with Crippen molar-refractivity contribution >= 4 is 5.97 Å². The van der Waals surface area contributed by atoms with E-state index in [1.165, 1.54) is 13.2 Å². The zero-order valence-electron chi connectivity index (χ0n) is 16.0. The number of hydrogen-bond donors (Lipinski definition) is 0. The molecule has 148 valence electrons. The molecule has 1 aliphatic carbocycles. The van der Waals surface area contributed by atoms with Crippen molar-refractivity contribution in [2.75, 3.05) is 13.7 Å². The Kier molecular flexibility index (Phi) is 5.47. The number of benzene rings is 3. The minimum absolute atomic E-state index is 0.0549. The van der Waals surface area contributed by atoms with Crippen LogP contribution in [0.4, 0.5) is 4.39 Å². The van der Waals surface area contributed by atoms with E-state index in [2.05, 4.69) is 0 Å². The molecule has 0 amide bonds. The predicted molar refractivity (Wildman–Crippen MR) is 107 cm³/mol. The SMILES string of the molecule is COC(=O)C1CC1COc1ccc(-c2cc(Oc3ccccc3)ccc2F)cc1. The fraction of sp³-hybridized carbons (Fsp3) is 0.208. The van der Waals surface area contributed by atoms with Gasteiger partial charge in [-0.2, -0.15) is 0 Å². The summed E-state index contributed by atoms with van der Waals surface area (Å²) in [7, 11) is 1.40. The van der Waals surface area contributed by atoms with Crippen LogP contribution in [0.5, 0.6) is 17.2 Å². The molecule has 0 aliphatic heterocycles. The van der Waals surface area contributed by atoms with E-state index in [0.29, 0.717) is 29.4 Å². The van der Waals surface area contributed by atoms with Crippen LogP contribution in [-0.4, -0.2) is 19.7 Å². The summed E-state index contributed by atoms with van der Waals surface area (Å²) in [5.74, 6) is 1.59. The molecule has 0 heterocycles. The Balaban J connectivity index is 1.42. The van der Waals surface area contributed by atoms with Crippen molar-refractivity contribution in [1.29, 1.82) is 0 Å². The standard InChI is InChI=1S/C24H21FO4/c1-27-24(26)22-13-17(22)15-28-18-9-7-16(8-10-18)21-14-20(11-12-23(21)25)29-19-5-3-2-4-6-19/h2-12,14,17,22H,13,15H2,1H3. The van der Waals surface area contributed by atoms with Crippen LogP contribution in [0.25, 0.3) is 11.1 Å². The second-order valence-corrected chi connectivity index (χ2v) is 7.02. The molecule has 1 aliphatic rings. The molecule has 5 heteroatoms. The highest BCUT2D eigenvalue weighted by Crippen LogP contribution is 2.39. The monoisotopic (exact) mass is 392 g/mol. The smallest absolute Gasteiger partial charge is 0.309 e. The Labute approximate surface area is 168 Å². The van der Waals surface area contributed by atoms with Crippen molar-refractivity contribution in [3.05, 3.63) is 78.6 Å². The van der Waals surface area contributed by atoms with Crippen molar-refractivity contribution in [3.8, 4) is 28.4 Å². The molecule has 0 spiro atoms. The minimum atomic E-state index is -0.321.